The normalized spacial score (nSPS) is 23.9. The molecule has 3 aliphatic heterocycles. The molecule has 3 aliphatic rings. The second-order valence-electron chi connectivity index (χ2n) is 11.7. The first-order valence-corrected chi connectivity index (χ1v) is 14.4. The van der Waals surface area contributed by atoms with Gasteiger partial charge >= 0.3 is 0 Å². The Morgan fingerprint density at radius 3 is 2.51 bits per heavy atom. The first kappa shape index (κ1) is 25.8. The Morgan fingerprint density at radius 1 is 1.08 bits per heavy atom. The Labute approximate surface area is 230 Å². The van der Waals surface area contributed by atoms with E-state index in [9.17, 15) is 0 Å². The number of aromatic nitrogens is 4. The van der Waals surface area contributed by atoms with Gasteiger partial charge in [0.15, 0.2) is 5.82 Å². The lowest BCUT2D eigenvalue weighted by Crippen LogP contribution is -2.47. The summed E-state index contributed by atoms with van der Waals surface area (Å²) in [4.78, 5) is 17.4. The highest BCUT2D eigenvalue weighted by Crippen LogP contribution is 2.37. The number of piperidine rings is 2. The van der Waals surface area contributed by atoms with Gasteiger partial charge in [-0.25, -0.2) is 4.98 Å². The van der Waals surface area contributed by atoms with E-state index in [0.717, 1.165) is 60.7 Å². The van der Waals surface area contributed by atoms with Crippen molar-refractivity contribution >= 4 is 34.2 Å². The largest absolute Gasteiger partial charge is 0.371 e. The van der Waals surface area contributed by atoms with Crippen LogP contribution in [0, 0.1) is 18.3 Å². The van der Waals surface area contributed by atoms with E-state index in [1.165, 1.54) is 31.4 Å². The molecule has 3 saturated heterocycles. The number of aryl methyl sites for hydroxylation is 1. The van der Waals surface area contributed by atoms with Crippen molar-refractivity contribution in [3.63, 3.8) is 0 Å². The van der Waals surface area contributed by atoms with Gasteiger partial charge in [0, 0.05) is 73.1 Å². The Hall–Kier alpha value is -3.42. The van der Waals surface area contributed by atoms with Crippen molar-refractivity contribution in [3.05, 3.63) is 30.0 Å². The molecule has 0 aliphatic carbocycles. The number of hydrogen-bond acceptors (Lipinski definition) is 9. The molecule has 2 unspecified atom stereocenters. The van der Waals surface area contributed by atoms with Crippen molar-refractivity contribution in [2.45, 2.75) is 76.0 Å². The lowest BCUT2D eigenvalue weighted by Gasteiger charge is -2.38. The number of anilines is 4. The third-order valence-corrected chi connectivity index (χ3v) is 8.89. The van der Waals surface area contributed by atoms with Gasteiger partial charge in [0.25, 0.3) is 0 Å². The SMILES string of the molecule is Cc1cc(Nc2nc(NC3CC4CCC(C3)N4CCC#N)nc3cc(N4CCC(N(C)C)CC4)ccc23)n[nH]1. The molecule has 3 N–H and O–H groups in total. The van der Waals surface area contributed by atoms with Crippen LogP contribution >= 0.6 is 0 Å². The van der Waals surface area contributed by atoms with E-state index in [-0.39, 0.29) is 0 Å². The molecule has 0 saturated carbocycles. The number of benzene rings is 1. The van der Waals surface area contributed by atoms with Crippen molar-refractivity contribution < 1.29 is 0 Å². The fourth-order valence-corrected chi connectivity index (χ4v) is 6.84. The van der Waals surface area contributed by atoms with Crippen LogP contribution in [0.3, 0.4) is 0 Å². The minimum Gasteiger partial charge on any atom is -0.371 e. The molecule has 6 rings (SSSR count). The molecule has 2 atom stereocenters. The van der Waals surface area contributed by atoms with Gasteiger partial charge in [0.2, 0.25) is 5.95 Å². The molecular weight excluding hydrogens is 488 g/mol. The number of nitriles is 1. The second-order valence-corrected chi connectivity index (χ2v) is 11.7. The number of H-pyrrole nitrogens is 1. The minimum absolute atomic E-state index is 0.326. The lowest BCUT2D eigenvalue weighted by molar-refractivity contribution is 0.135. The summed E-state index contributed by atoms with van der Waals surface area (Å²) in [6.07, 6.45) is 7.50. The van der Waals surface area contributed by atoms with Crippen molar-refractivity contribution in [2.24, 2.45) is 0 Å². The van der Waals surface area contributed by atoms with Gasteiger partial charge in [-0.2, -0.15) is 15.3 Å². The molecule has 2 bridgehead atoms. The topological polar surface area (TPSA) is 112 Å². The zero-order chi connectivity index (χ0) is 26.9. The average molecular weight is 529 g/mol. The van der Waals surface area contributed by atoms with Crippen LogP contribution in [0.5, 0.6) is 0 Å². The Bertz CT molecular complexity index is 1320. The number of hydrogen-bond donors (Lipinski definition) is 3. The fraction of sp³-hybridized carbons (Fsp3) is 0.586. The van der Waals surface area contributed by atoms with Crippen LogP contribution in [0.25, 0.3) is 10.9 Å². The Morgan fingerprint density at radius 2 is 1.85 bits per heavy atom. The van der Waals surface area contributed by atoms with Crippen LogP contribution in [0.15, 0.2) is 24.3 Å². The third-order valence-electron chi connectivity index (χ3n) is 8.89. The highest BCUT2D eigenvalue weighted by Gasteiger charge is 2.40. The number of nitrogens with one attached hydrogen (secondary N) is 3. The molecule has 5 heterocycles. The van der Waals surface area contributed by atoms with Crippen molar-refractivity contribution in [1.29, 1.82) is 5.26 Å². The maximum atomic E-state index is 9.07. The molecule has 0 radical (unpaired) electrons. The van der Waals surface area contributed by atoms with Crippen LogP contribution in [0.4, 0.5) is 23.3 Å². The van der Waals surface area contributed by atoms with Gasteiger partial charge in [-0.15, -0.1) is 0 Å². The standard InChI is InChI=1S/C29H40N10/c1-19-15-27(36-35-19)33-28-25-8-7-22(38-13-9-21(10-14-38)37(2)3)18-26(25)32-29(34-28)31-20-16-23-5-6-24(17-20)39(23)12-4-11-30/h7-8,15,18,20-21,23-24H,4-6,9-10,12-14,16-17H2,1-3H3,(H3,31,32,33,34,35,36). The molecule has 3 aromatic rings. The summed E-state index contributed by atoms with van der Waals surface area (Å²) in [5.74, 6) is 2.18. The summed E-state index contributed by atoms with van der Waals surface area (Å²) < 4.78 is 0. The Kier molecular flexibility index (Phi) is 7.28. The number of fused-ring (bicyclic) bond motifs is 3. The van der Waals surface area contributed by atoms with Gasteiger partial charge in [0.05, 0.1) is 11.6 Å². The highest BCUT2D eigenvalue weighted by molar-refractivity contribution is 5.93. The van der Waals surface area contributed by atoms with Crippen LogP contribution in [-0.4, -0.2) is 87.9 Å². The van der Waals surface area contributed by atoms with Crippen molar-refractivity contribution in [2.75, 3.05) is 49.3 Å². The summed E-state index contributed by atoms with van der Waals surface area (Å²) >= 11 is 0. The van der Waals surface area contributed by atoms with Gasteiger partial charge in [0.1, 0.15) is 5.82 Å². The molecule has 3 fully saturated rings. The summed E-state index contributed by atoms with van der Waals surface area (Å²) in [5, 5.41) is 24.6. The van der Waals surface area contributed by atoms with E-state index >= 15 is 0 Å². The number of rotatable bonds is 8. The van der Waals surface area contributed by atoms with E-state index in [1.807, 2.05) is 13.0 Å². The van der Waals surface area contributed by atoms with Gasteiger partial charge < -0.3 is 20.4 Å². The number of aromatic amines is 1. The van der Waals surface area contributed by atoms with Crippen LogP contribution < -0.4 is 15.5 Å². The van der Waals surface area contributed by atoms with E-state index < -0.39 is 0 Å². The Balaban J connectivity index is 1.26. The maximum absolute atomic E-state index is 9.07. The van der Waals surface area contributed by atoms with E-state index in [2.05, 4.69) is 73.9 Å². The van der Waals surface area contributed by atoms with E-state index in [4.69, 9.17) is 15.2 Å². The molecule has 206 valence electrons. The molecule has 2 aromatic heterocycles. The van der Waals surface area contributed by atoms with E-state index in [0.29, 0.717) is 36.5 Å². The maximum Gasteiger partial charge on any atom is 0.225 e. The summed E-state index contributed by atoms with van der Waals surface area (Å²) in [5.41, 5.74) is 3.15. The first-order chi connectivity index (χ1) is 19.0. The van der Waals surface area contributed by atoms with Gasteiger partial charge in [-0.3, -0.25) is 10.00 Å². The van der Waals surface area contributed by atoms with Gasteiger partial charge in [-0.1, -0.05) is 0 Å². The van der Waals surface area contributed by atoms with Crippen LogP contribution in [0.1, 0.15) is 50.6 Å². The predicted molar refractivity (Wildman–Crippen MR) is 155 cm³/mol. The van der Waals surface area contributed by atoms with Crippen LogP contribution in [-0.2, 0) is 0 Å². The van der Waals surface area contributed by atoms with Crippen molar-refractivity contribution in [3.8, 4) is 6.07 Å². The van der Waals surface area contributed by atoms with E-state index in [1.54, 1.807) is 0 Å². The van der Waals surface area contributed by atoms with Gasteiger partial charge in [-0.05, 0) is 77.7 Å². The molecule has 10 heteroatoms. The smallest absolute Gasteiger partial charge is 0.225 e. The molecule has 1 aromatic carbocycles. The fourth-order valence-electron chi connectivity index (χ4n) is 6.84. The third kappa shape index (κ3) is 5.52. The lowest BCUT2D eigenvalue weighted by atomic mass is 9.97. The average Bonchev–Trinajstić information content (AvgIpc) is 3.45. The second kappa shape index (κ2) is 11.0. The molecule has 39 heavy (non-hydrogen) atoms. The molecule has 0 spiro atoms. The highest BCUT2D eigenvalue weighted by atomic mass is 15.3. The molecular formula is C29H40N10. The number of nitrogens with zero attached hydrogens (tertiary/aromatic N) is 7. The zero-order valence-electron chi connectivity index (χ0n) is 23.3. The quantitative estimate of drug-likeness (QED) is 0.395. The summed E-state index contributed by atoms with van der Waals surface area (Å²) in [7, 11) is 4.36. The first-order valence-electron chi connectivity index (χ1n) is 14.4. The zero-order valence-corrected chi connectivity index (χ0v) is 23.3. The summed E-state index contributed by atoms with van der Waals surface area (Å²) in [6.45, 7) is 4.98. The summed E-state index contributed by atoms with van der Waals surface area (Å²) in [6, 6.07) is 12.9. The molecule has 10 nitrogen and oxygen atoms in total. The van der Waals surface area contributed by atoms with Crippen LogP contribution in [0.2, 0.25) is 0 Å². The monoisotopic (exact) mass is 528 g/mol. The minimum atomic E-state index is 0.326. The molecule has 0 amide bonds. The van der Waals surface area contributed by atoms with Crippen molar-refractivity contribution in [1.82, 2.24) is 30.0 Å². The predicted octanol–water partition coefficient (Wildman–Crippen LogP) is 4.26.